The number of nitro benzene ring substituents is 1. The first kappa shape index (κ1) is 20.2. The van der Waals surface area contributed by atoms with Gasteiger partial charge in [-0.3, -0.25) is 19.7 Å². The molecule has 2 amide bonds. The van der Waals surface area contributed by atoms with E-state index in [2.05, 4.69) is 31.8 Å². The molecule has 0 unspecified atom stereocenters. The normalized spacial score (nSPS) is 10.6. The van der Waals surface area contributed by atoms with Gasteiger partial charge in [-0.15, -0.1) is 0 Å². The number of nitrogens with zero attached hydrogens (tertiary/aromatic N) is 2. The topological polar surface area (TPSA) is 114 Å². The Morgan fingerprint density at radius 3 is 2.52 bits per heavy atom. The molecule has 0 fully saturated rings. The van der Waals surface area contributed by atoms with Gasteiger partial charge in [0.25, 0.3) is 11.6 Å². The van der Waals surface area contributed by atoms with E-state index in [-0.39, 0.29) is 23.9 Å². The van der Waals surface area contributed by atoms with E-state index in [1.54, 1.807) is 18.2 Å². The molecule has 0 aromatic heterocycles. The molecule has 0 heterocycles. The van der Waals surface area contributed by atoms with Crippen LogP contribution in [0.3, 0.4) is 0 Å². The molecular formula is C18H17BrN4O4. The first-order chi connectivity index (χ1) is 13.0. The van der Waals surface area contributed by atoms with Crippen molar-refractivity contribution >= 4 is 39.6 Å². The lowest BCUT2D eigenvalue weighted by Crippen LogP contribution is -2.26. The lowest BCUT2D eigenvalue weighted by molar-refractivity contribution is -0.384. The lowest BCUT2D eigenvalue weighted by Gasteiger charge is -2.06. The molecule has 0 saturated heterocycles. The molecule has 0 bridgehead atoms. The van der Waals surface area contributed by atoms with Gasteiger partial charge < -0.3 is 5.32 Å². The molecular weight excluding hydrogens is 416 g/mol. The van der Waals surface area contributed by atoms with Gasteiger partial charge in [0.05, 0.1) is 16.7 Å². The van der Waals surface area contributed by atoms with Gasteiger partial charge in [-0.25, -0.2) is 5.43 Å². The Hall–Kier alpha value is -3.07. The Morgan fingerprint density at radius 2 is 1.85 bits per heavy atom. The summed E-state index contributed by atoms with van der Waals surface area (Å²) in [5, 5.41) is 17.1. The number of non-ortho nitro benzene ring substituents is 1. The van der Waals surface area contributed by atoms with Crippen molar-refractivity contribution in [1.82, 2.24) is 10.7 Å². The summed E-state index contributed by atoms with van der Waals surface area (Å²) in [7, 11) is 0. The van der Waals surface area contributed by atoms with Crippen molar-refractivity contribution in [3.8, 4) is 0 Å². The van der Waals surface area contributed by atoms with Gasteiger partial charge in [0.15, 0.2) is 0 Å². The van der Waals surface area contributed by atoms with Gasteiger partial charge in [-0.1, -0.05) is 12.1 Å². The zero-order valence-corrected chi connectivity index (χ0v) is 15.8. The lowest BCUT2D eigenvalue weighted by atomic mass is 10.2. The fourth-order valence-electron chi connectivity index (χ4n) is 2.11. The maximum Gasteiger partial charge on any atom is 0.269 e. The van der Waals surface area contributed by atoms with E-state index in [0.717, 1.165) is 0 Å². The van der Waals surface area contributed by atoms with Crippen LogP contribution in [0.15, 0.2) is 58.1 Å². The summed E-state index contributed by atoms with van der Waals surface area (Å²) in [5.74, 6) is -0.498. The zero-order valence-electron chi connectivity index (χ0n) is 14.2. The molecule has 9 heteroatoms. The number of rotatable bonds is 8. The molecule has 0 aliphatic heterocycles. The molecule has 0 radical (unpaired) electrons. The minimum absolute atomic E-state index is 0.0132. The number of hydrogen-bond donors (Lipinski definition) is 2. The highest BCUT2D eigenvalue weighted by atomic mass is 79.9. The Kier molecular flexibility index (Phi) is 7.63. The van der Waals surface area contributed by atoms with Gasteiger partial charge in [0, 0.05) is 29.6 Å². The Morgan fingerprint density at radius 1 is 1.15 bits per heavy atom. The van der Waals surface area contributed by atoms with E-state index in [0.29, 0.717) is 28.6 Å². The highest BCUT2D eigenvalue weighted by Crippen LogP contribution is 2.15. The molecule has 2 rings (SSSR count). The number of nitrogens with one attached hydrogen (secondary N) is 2. The molecule has 140 valence electrons. The van der Waals surface area contributed by atoms with Crippen LogP contribution in [0.1, 0.15) is 28.8 Å². The summed E-state index contributed by atoms with van der Waals surface area (Å²) in [6.07, 6.45) is 2.07. The Labute approximate surface area is 163 Å². The summed E-state index contributed by atoms with van der Waals surface area (Å²) in [5.41, 5.74) is 3.52. The van der Waals surface area contributed by atoms with E-state index in [9.17, 15) is 19.7 Å². The highest BCUT2D eigenvalue weighted by Gasteiger charge is 2.08. The standard InChI is InChI=1S/C18H17BrN4O4/c19-16-5-2-1-4-15(16)18(25)20-11-3-6-17(24)22-21-12-13-7-9-14(10-8-13)23(26)27/h1-2,4-5,7-10,12H,3,6,11H2,(H,20,25)(H,22,24). The molecule has 27 heavy (non-hydrogen) atoms. The van der Waals surface area contributed by atoms with Crippen LogP contribution < -0.4 is 10.7 Å². The predicted molar refractivity (Wildman–Crippen MR) is 105 cm³/mol. The number of carbonyl (C=O) groups is 2. The molecule has 2 aromatic rings. The molecule has 0 saturated carbocycles. The van der Waals surface area contributed by atoms with Crippen LogP contribution in [0, 0.1) is 10.1 Å². The van der Waals surface area contributed by atoms with Gasteiger partial charge in [0.1, 0.15) is 0 Å². The smallest absolute Gasteiger partial charge is 0.269 e. The summed E-state index contributed by atoms with van der Waals surface area (Å²) < 4.78 is 0.709. The molecule has 2 N–H and O–H groups in total. The molecule has 0 aliphatic rings. The third kappa shape index (κ3) is 6.63. The van der Waals surface area contributed by atoms with Gasteiger partial charge in [-0.05, 0) is 52.2 Å². The van der Waals surface area contributed by atoms with Crippen LogP contribution in [0.25, 0.3) is 0 Å². The van der Waals surface area contributed by atoms with E-state index in [1.165, 1.54) is 30.5 Å². The maximum atomic E-state index is 12.0. The molecule has 0 spiro atoms. The number of carbonyl (C=O) groups excluding carboxylic acids is 2. The van der Waals surface area contributed by atoms with Crippen molar-refractivity contribution < 1.29 is 14.5 Å². The quantitative estimate of drug-likeness (QED) is 0.288. The monoisotopic (exact) mass is 432 g/mol. The second kappa shape index (κ2) is 10.2. The fraction of sp³-hybridized carbons (Fsp3) is 0.167. The largest absolute Gasteiger partial charge is 0.352 e. The number of nitro groups is 1. The molecule has 2 aromatic carbocycles. The zero-order chi connectivity index (χ0) is 19.6. The third-order valence-electron chi connectivity index (χ3n) is 3.49. The molecule has 0 atom stereocenters. The minimum Gasteiger partial charge on any atom is -0.352 e. The average molecular weight is 433 g/mol. The van der Waals surface area contributed by atoms with Gasteiger partial charge >= 0.3 is 0 Å². The van der Waals surface area contributed by atoms with E-state index >= 15 is 0 Å². The van der Waals surface area contributed by atoms with Crippen molar-refractivity contribution in [2.24, 2.45) is 5.10 Å². The van der Waals surface area contributed by atoms with Crippen molar-refractivity contribution in [2.45, 2.75) is 12.8 Å². The minimum atomic E-state index is -0.488. The Bertz CT molecular complexity index is 853. The summed E-state index contributed by atoms with van der Waals surface area (Å²) in [6, 6.07) is 12.9. The first-order valence-electron chi connectivity index (χ1n) is 8.06. The van der Waals surface area contributed by atoms with Gasteiger partial charge in [-0.2, -0.15) is 5.10 Å². The van der Waals surface area contributed by atoms with E-state index in [4.69, 9.17) is 0 Å². The highest BCUT2D eigenvalue weighted by molar-refractivity contribution is 9.10. The Balaban J connectivity index is 1.68. The van der Waals surface area contributed by atoms with Crippen molar-refractivity contribution in [1.29, 1.82) is 0 Å². The number of halogens is 1. The second-order valence-electron chi connectivity index (χ2n) is 5.48. The van der Waals surface area contributed by atoms with Gasteiger partial charge in [0.2, 0.25) is 5.91 Å². The van der Waals surface area contributed by atoms with E-state index < -0.39 is 4.92 Å². The number of hydrazone groups is 1. The molecule has 8 nitrogen and oxygen atoms in total. The fourth-order valence-corrected chi connectivity index (χ4v) is 2.57. The summed E-state index contributed by atoms with van der Waals surface area (Å²) >= 11 is 3.31. The van der Waals surface area contributed by atoms with Crippen LogP contribution >= 0.6 is 15.9 Å². The van der Waals surface area contributed by atoms with Crippen molar-refractivity contribution in [3.05, 3.63) is 74.2 Å². The average Bonchev–Trinajstić information content (AvgIpc) is 2.66. The van der Waals surface area contributed by atoms with Crippen molar-refractivity contribution in [2.75, 3.05) is 6.54 Å². The number of benzene rings is 2. The van der Waals surface area contributed by atoms with Crippen LogP contribution in [0.2, 0.25) is 0 Å². The van der Waals surface area contributed by atoms with Crippen LogP contribution in [-0.4, -0.2) is 29.5 Å². The summed E-state index contributed by atoms with van der Waals surface area (Å²) in [4.78, 5) is 33.8. The second-order valence-corrected chi connectivity index (χ2v) is 6.34. The van der Waals surface area contributed by atoms with Crippen LogP contribution in [-0.2, 0) is 4.79 Å². The van der Waals surface area contributed by atoms with Crippen LogP contribution in [0.4, 0.5) is 5.69 Å². The maximum absolute atomic E-state index is 12.0. The predicted octanol–water partition coefficient (Wildman–Crippen LogP) is 3.02. The summed E-state index contributed by atoms with van der Waals surface area (Å²) in [6.45, 7) is 0.361. The number of amides is 2. The van der Waals surface area contributed by atoms with Crippen LogP contribution in [0.5, 0.6) is 0 Å². The first-order valence-corrected chi connectivity index (χ1v) is 8.86. The third-order valence-corrected chi connectivity index (χ3v) is 4.18. The SMILES string of the molecule is O=C(CCCNC(=O)c1ccccc1Br)NN=Cc1ccc([N+](=O)[O-])cc1. The van der Waals surface area contributed by atoms with Crippen molar-refractivity contribution in [3.63, 3.8) is 0 Å². The van der Waals surface area contributed by atoms with E-state index in [1.807, 2.05) is 6.07 Å². The molecule has 0 aliphatic carbocycles. The number of hydrogen-bond acceptors (Lipinski definition) is 5.